The molecule has 5 N–H and O–H groups in total. The number of nitrogens with one attached hydrogen (secondary N) is 1. The van der Waals surface area contributed by atoms with E-state index in [1.165, 1.54) is 14.0 Å². The number of methoxy groups -OCH3 is 1. The van der Waals surface area contributed by atoms with Crippen LogP contribution in [0.5, 0.6) is 0 Å². The third-order valence-electron chi connectivity index (χ3n) is 4.63. The summed E-state index contributed by atoms with van der Waals surface area (Å²) in [7, 11) is 1.39. The molecule has 9 nitrogen and oxygen atoms in total. The number of ether oxygens (including phenoxy) is 3. The number of aliphatic hydroxyl groups excluding tert-OH is 2. The molecule has 1 heterocycles. The molecule has 0 saturated carbocycles. The van der Waals surface area contributed by atoms with Crippen molar-refractivity contribution in [3.05, 3.63) is 0 Å². The number of hydrogen-bond acceptors (Lipinski definition) is 8. The molecule has 9 heteroatoms. The Hall–Kier alpha value is -1.26. The van der Waals surface area contributed by atoms with Crippen LogP contribution in [0.25, 0.3) is 0 Å². The van der Waals surface area contributed by atoms with Gasteiger partial charge in [-0.1, -0.05) is 25.7 Å². The fourth-order valence-corrected chi connectivity index (χ4v) is 3.05. The maximum atomic E-state index is 11.4. The lowest BCUT2D eigenvalue weighted by molar-refractivity contribution is -0.247. The van der Waals surface area contributed by atoms with Crippen molar-refractivity contribution in [3.63, 3.8) is 0 Å². The summed E-state index contributed by atoms with van der Waals surface area (Å²) in [5.41, 5.74) is 5.99. The Kier molecular flexibility index (Phi) is 11.5. The van der Waals surface area contributed by atoms with Gasteiger partial charge in [0.25, 0.3) is 0 Å². The summed E-state index contributed by atoms with van der Waals surface area (Å²) in [6.07, 6.45) is 3.38. The zero-order valence-electron chi connectivity index (χ0n) is 16.3. The fraction of sp³-hybridized carbons (Fsp3) is 0.889. The highest BCUT2D eigenvalue weighted by molar-refractivity contribution is 5.73. The molecule has 0 aliphatic carbocycles. The van der Waals surface area contributed by atoms with Gasteiger partial charge in [-0.15, -0.1) is 0 Å². The summed E-state index contributed by atoms with van der Waals surface area (Å²) < 4.78 is 15.9. The zero-order valence-corrected chi connectivity index (χ0v) is 16.3. The van der Waals surface area contributed by atoms with Crippen molar-refractivity contribution in [2.45, 2.75) is 82.5 Å². The Balaban J connectivity index is 2.27. The largest absolute Gasteiger partial charge is 0.469 e. The third kappa shape index (κ3) is 8.52. The SMILES string of the molecule is COC(=O)CCCCCCCCO[C@@H]1O[C@H](CO)[C@@H](O)[C@H](N)[C@H]1NC(C)=O. The zero-order chi connectivity index (χ0) is 20.2. The Morgan fingerprint density at radius 1 is 1.15 bits per heavy atom. The van der Waals surface area contributed by atoms with E-state index in [1.54, 1.807) is 0 Å². The monoisotopic (exact) mass is 390 g/mol. The quantitative estimate of drug-likeness (QED) is 0.266. The molecule has 158 valence electrons. The van der Waals surface area contributed by atoms with Crippen molar-refractivity contribution in [1.29, 1.82) is 0 Å². The van der Waals surface area contributed by atoms with Gasteiger partial charge in [0, 0.05) is 20.0 Å². The second-order valence-electron chi connectivity index (χ2n) is 6.84. The molecule has 0 aromatic rings. The second kappa shape index (κ2) is 13.0. The first-order valence-electron chi connectivity index (χ1n) is 9.56. The highest BCUT2D eigenvalue weighted by Crippen LogP contribution is 2.21. The average molecular weight is 390 g/mol. The predicted molar refractivity (Wildman–Crippen MR) is 97.6 cm³/mol. The van der Waals surface area contributed by atoms with E-state index in [-0.39, 0.29) is 18.5 Å². The normalized spacial score (nSPS) is 28.0. The molecule has 1 aliphatic heterocycles. The van der Waals surface area contributed by atoms with Gasteiger partial charge in [-0.25, -0.2) is 0 Å². The van der Waals surface area contributed by atoms with Crippen molar-refractivity contribution in [2.75, 3.05) is 20.3 Å². The molecule has 0 radical (unpaired) electrons. The van der Waals surface area contributed by atoms with E-state index in [0.717, 1.165) is 38.5 Å². The molecule has 27 heavy (non-hydrogen) atoms. The Labute approximate surface area is 160 Å². The molecule has 1 rings (SSSR count). The lowest BCUT2D eigenvalue weighted by Crippen LogP contribution is -2.67. The Morgan fingerprint density at radius 2 is 1.78 bits per heavy atom. The van der Waals surface area contributed by atoms with E-state index in [1.807, 2.05) is 0 Å². The van der Waals surface area contributed by atoms with Crippen LogP contribution in [-0.4, -0.2) is 73.0 Å². The van der Waals surface area contributed by atoms with Gasteiger partial charge in [0.2, 0.25) is 5.91 Å². The van der Waals surface area contributed by atoms with Crippen molar-refractivity contribution in [1.82, 2.24) is 5.32 Å². The number of hydrogen-bond donors (Lipinski definition) is 4. The molecule has 1 saturated heterocycles. The van der Waals surface area contributed by atoms with E-state index in [9.17, 15) is 19.8 Å². The van der Waals surface area contributed by atoms with Gasteiger partial charge >= 0.3 is 5.97 Å². The average Bonchev–Trinajstić information content (AvgIpc) is 2.65. The number of unbranched alkanes of at least 4 members (excludes halogenated alkanes) is 5. The van der Waals surface area contributed by atoms with Crippen LogP contribution < -0.4 is 11.1 Å². The van der Waals surface area contributed by atoms with Crippen LogP contribution in [0.15, 0.2) is 0 Å². The van der Waals surface area contributed by atoms with Crippen LogP contribution in [0.1, 0.15) is 51.9 Å². The molecule has 0 bridgehead atoms. The fourth-order valence-electron chi connectivity index (χ4n) is 3.05. The van der Waals surface area contributed by atoms with E-state index < -0.39 is 30.6 Å². The number of esters is 1. The van der Waals surface area contributed by atoms with Gasteiger partial charge in [-0.2, -0.15) is 0 Å². The van der Waals surface area contributed by atoms with Crippen molar-refractivity contribution in [2.24, 2.45) is 5.73 Å². The van der Waals surface area contributed by atoms with E-state index in [2.05, 4.69) is 10.1 Å². The molecule has 0 aromatic carbocycles. The summed E-state index contributed by atoms with van der Waals surface area (Å²) >= 11 is 0. The summed E-state index contributed by atoms with van der Waals surface area (Å²) in [5, 5.41) is 22.0. The molecule has 5 atom stereocenters. The van der Waals surface area contributed by atoms with Gasteiger partial charge in [0.15, 0.2) is 6.29 Å². The smallest absolute Gasteiger partial charge is 0.305 e. The number of aliphatic hydroxyl groups is 2. The lowest BCUT2D eigenvalue weighted by Gasteiger charge is -2.42. The van der Waals surface area contributed by atoms with Gasteiger partial charge in [-0.3, -0.25) is 9.59 Å². The number of rotatable bonds is 12. The highest BCUT2D eigenvalue weighted by atomic mass is 16.7. The molecule has 0 unspecified atom stereocenters. The number of carbonyl (C=O) groups is 2. The first kappa shape index (κ1) is 23.8. The van der Waals surface area contributed by atoms with Crippen LogP contribution in [0.3, 0.4) is 0 Å². The minimum Gasteiger partial charge on any atom is -0.469 e. The van der Waals surface area contributed by atoms with Crippen LogP contribution in [0, 0.1) is 0 Å². The van der Waals surface area contributed by atoms with Gasteiger partial charge in [-0.05, 0) is 12.8 Å². The predicted octanol–water partition coefficient (Wildman–Crippen LogP) is -0.183. The summed E-state index contributed by atoms with van der Waals surface area (Å²) in [6, 6.07) is -1.47. The third-order valence-corrected chi connectivity index (χ3v) is 4.63. The van der Waals surface area contributed by atoms with Crippen molar-refractivity contribution in [3.8, 4) is 0 Å². The molecular weight excluding hydrogens is 356 g/mol. The molecular formula is C18H34N2O7. The van der Waals surface area contributed by atoms with E-state index >= 15 is 0 Å². The number of nitrogens with two attached hydrogens (primary N) is 1. The van der Waals surface area contributed by atoms with Crippen molar-refractivity contribution >= 4 is 11.9 Å². The van der Waals surface area contributed by atoms with Crippen LogP contribution in [0.4, 0.5) is 0 Å². The summed E-state index contributed by atoms with van der Waals surface area (Å²) in [5.74, 6) is -0.469. The molecule has 1 aliphatic rings. The minimum absolute atomic E-state index is 0.172. The van der Waals surface area contributed by atoms with Gasteiger partial charge < -0.3 is 35.5 Å². The Bertz CT molecular complexity index is 449. The highest BCUT2D eigenvalue weighted by Gasteiger charge is 2.44. The van der Waals surface area contributed by atoms with E-state index in [4.69, 9.17) is 15.2 Å². The topological polar surface area (TPSA) is 140 Å². The molecule has 0 aromatic heterocycles. The molecule has 1 fully saturated rings. The van der Waals surface area contributed by atoms with Gasteiger partial charge in [0.1, 0.15) is 6.10 Å². The minimum atomic E-state index is -1.09. The first-order valence-corrected chi connectivity index (χ1v) is 9.56. The van der Waals surface area contributed by atoms with Gasteiger partial charge in [0.05, 0.1) is 31.9 Å². The first-order chi connectivity index (χ1) is 12.9. The molecule has 0 spiro atoms. The number of amides is 1. The van der Waals surface area contributed by atoms with Crippen LogP contribution >= 0.6 is 0 Å². The second-order valence-corrected chi connectivity index (χ2v) is 6.84. The summed E-state index contributed by atoms with van der Waals surface area (Å²) in [4.78, 5) is 22.4. The van der Waals surface area contributed by atoms with Crippen LogP contribution in [0.2, 0.25) is 0 Å². The molecule has 1 amide bonds. The summed E-state index contributed by atoms with van der Waals surface area (Å²) in [6.45, 7) is 1.39. The van der Waals surface area contributed by atoms with E-state index in [0.29, 0.717) is 13.0 Å². The van der Waals surface area contributed by atoms with Crippen molar-refractivity contribution < 1.29 is 34.0 Å². The lowest BCUT2D eigenvalue weighted by atomic mass is 9.95. The Morgan fingerprint density at radius 3 is 2.37 bits per heavy atom. The number of carbonyl (C=O) groups excluding carboxylic acids is 2. The maximum absolute atomic E-state index is 11.4. The standard InChI is InChI=1S/C18H34N2O7/c1-12(22)20-16-15(19)17(24)13(11-21)27-18(16)26-10-8-6-4-3-5-7-9-14(23)25-2/h13,15-18,21,24H,3-11,19H2,1-2H3,(H,20,22)/t13-,15-,16-,17-,18-/m1/s1. The van der Waals surface area contributed by atoms with Crippen LogP contribution in [-0.2, 0) is 23.8 Å². The maximum Gasteiger partial charge on any atom is 0.305 e.